The van der Waals surface area contributed by atoms with Gasteiger partial charge in [-0.3, -0.25) is 0 Å². The summed E-state index contributed by atoms with van der Waals surface area (Å²) >= 11 is 0.151. The van der Waals surface area contributed by atoms with Crippen molar-refractivity contribution in [2.75, 3.05) is 0 Å². The molecule has 2 heterocycles. The van der Waals surface area contributed by atoms with E-state index in [4.69, 9.17) is 15.0 Å². The summed E-state index contributed by atoms with van der Waals surface area (Å²) in [7, 11) is 0. The first kappa shape index (κ1) is 37.5. The summed E-state index contributed by atoms with van der Waals surface area (Å²) in [6, 6.07) is 81.0. The van der Waals surface area contributed by atoms with Crippen molar-refractivity contribution in [1.82, 2.24) is 15.0 Å². The number of hydrogen-bond acceptors (Lipinski definition) is 3. The molecular weight excluding hydrogens is 854 g/mol. The zero-order valence-electron chi connectivity index (χ0n) is 35.1. The maximum absolute atomic E-state index is 5.23. The molecule has 0 unspecified atom stereocenters. The van der Waals surface area contributed by atoms with Gasteiger partial charge in [-0.05, 0) is 0 Å². The zero-order valence-corrected chi connectivity index (χ0v) is 36.8. The maximum atomic E-state index is 5.23. The minimum Gasteiger partial charge on any atom is -0.0615 e. The van der Waals surface area contributed by atoms with Gasteiger partial charge in [0.2, 0.25) is 0 Å². The third-order valence-corrected chi connectivity index (χ3v) is 15.3. The molecule has 0 spiro atoms. The molecule has 13 rings (SSSR count). The van der Waals surface area contributed by atoms with Gasteiger partial charge in [-0.1, -0.05) is 36.4 Å². The molecule has 2 aromatic heterocycles. The van der Waals surface area contributed by atoms with Gasteiger partial charge in [-0.15, -0.1) is 0 Å². The summed E-state index contributed by atoms with van der Waals surface area (Å²) in [4.78, 5) is 15.5. The van der Waals surface area contributed by atoms with Gasteiger partial charge in [0.1, 0.15) is 0 Å². The van der Waals surface area contributed by atoms with Gasteiger partial charge in [0, 0.05) is 0 Å². The first-order valence-corrected chi connectivity index (χ1v) is 23.7. The standard InChI is InChI=1S/C61H37N3Se/c1-4-18-38(19-5-1)55-44-24-10-12-26-46(44)56(47-27-13-11-25-45(47)55)41-33-35-53-52(36-41)43-34-32-42(37-54(43)65-53)57-48-28-14-16-30-50(48)58(51-31-17-15-29-49(51)57)61-63-59(39-20-6-2-7-21-39)62-60(64-61)40-22-8-3-9-23-40/h1-37H. The Bertz CT molecular complexity index is 3820. The molecule has 0 saturated carbocycles. The first-order valence-electron chi connectivity index (χ1n) is 22.0. The summed E-state index contributed by atoms with van der Waals surface area (Å²) in [5.74, 6) is 1.97. The van der Waals surface area contributed by atoms with Gasteiger partial charge in [-0.25, -0.2) is 0 Å². The van der Waals surface area contributed by atoms with Gasteiger partial charge in [0.15, 0.2) is 0 Å². The molecule has 0 atom stereocenters. The molecule has 11 aromatic carbocycles. The summed E-state index contributed by atoms with van der Waals surface area (Å²) in [5, 5.41) is 12.3. The van der Waals surface area contributed by atoms with Crippen molar-refractivity contribution in [3.05, 3.63) is 224 Å². The van der Waals surface area contributed by atoms with E-state index in [1.54, 1.807) is 0 Å². The van der Waals surface area contributed by atoms with Crippen LogP contribution >= 0.6 is 0 Å². The summed E-state index contributed by atoms with van der Waals surface area (Å²) in [6.07, 6.45) is 0. The first-order chi connectivity index (χ1) is 32.2. The molecule has 0 aliphatic rings. The van der Waals surface area contributed by atoms with E-state index in [2.05, 4.69) is 188 Å². The van der Waals surface area contributed by atoms with E-state index in [0.717, 1.165) is 27.5 Å². The van der Waals surface area contributed by atoms with Crippen molar-refractivity contribution in [1.29, 1.82) is 0 Å². The molecule has 4 heteroatoms. The van der Waals surface area contributed by atoms with Crippen LogP contribution < -0.4 is 0 Å². The molecule has 0 saturated heterocycles. The molecule has 0 amide bonds. The molecule has 65 heavy (non-hydrogen) atoms. The van der Waals surface area contributed by atoms with E-state index in [9.17, 15) is 0 Å². The monoisotopic (exact) mass is 891 g/mol. The van der Waals surface area contributed by atoms with Crippen molar-refractivity contribution in [2.24, 2.45) is 0 Å². The Morgan fingerprint density at radius 3 is 1.03 bits per heavy atom. The zero-order chi connectivity index (χ0) is 42.8. The number of aromatic nitrogens is 3. The minimum atomic E-state index is 0.151. The van der Waals surface area contributed by atoms with Crippen LogP contribution in [0.25, 0.3) is 130 Å². The Morgan fingerprint density at radius 2 is 0.569 bits per heavy atom. The van der Waals surface area contributed by atoms with Gasteiger partial charge < -0.3 is 0 Å². The van der Waals surface area contributed by atoms with Crippen molar-refractivity contribution in [3.63, 3.8) is 0 Å². The molecular formula is C61H37N3Se. The summed E-state index contributed by atoms with van der Waals surface area (Å²) in [6.45, 7) is 0. The van der Waals surface area contributed by atoms with E-state index in [1.807, 2.05) is 36.4 Å². The van der Waals surface area contributed by atoms with E-state index in [1.165, 1.54) is 85.0 Å². The third kappa shape index (κ3) is 6.22. The Kier molecular flexibility index (Phi) is 8.87. The predicted octanol–water partition coefficient (Wildman–Crippen LogP) is 15.8. The van der Waals surface area contributed by atoms with Crippen LogP contribution in [0, 0.1) is 0 Å². The Morgan fingerprint density at radius 1 is 0.215 bits per heavy atom. The van der Waals surface area contributed by atoms with Gasteiger partial charge >= 0.3 is 347 Å². The summed E-state index contributed by atoms with van der Waals surface area (Å²) < 4.78 is 2.83. The van der Waals surface area contributed by atoms with Crippen LogP contribution in [-0.2, 0) is 0 Å². The average Bonchev–Trinajstić information content (AvgIpc) is 3.75. The molecule has 0 aliphatic carbocycles. The van der Waals surface area contributed by atoms with Gasteiger partial charge in [-0.2, -0.15) is 0 Å². The number of rotatable bonds is 6. The van der Waals surface area contributed by atoms with E-state index in [-0.39, 0.29) is 14.5 Å². The van der Waals surface area contributed by atoms with Crippen LogP contribution in [0.5, 0.6) is 0 Å². The van der Waals surface area contributed by atoms with Crippen LogP contribution in [0.3, 0.4) is 0 Å². The molecule has 13 aromatic rings. The second-order valence-electron chi connectivity index (χ2n) is 16.6. The van der Waals surface area contributed by atoms with Crippen LogP contribution in [0.15, 0.2) is 224 Å². The number of hydrogen-bond donors (Lipinski definition) is 0. The Balaban J connectivity index is 0.994. The van der Waals surface area contributed by atoms with Crippen molar-refractivity contribution in [3.8, 4) is 67.5 Å². The fourth-order valence-electron chi connectivity index (χ4n) is 10.0. The van der Waals surface area contributed by atoms with Crippen molar-refractivity contribution < 1.29 is 0 Å². The topological polar surface area (TPSA) is 38.7 Å². The third-order valence-electron chi connectivity index (χ3n) is 12.9. The Hall–Kier alpha value is -8.01. The fraction of sp³-hybridized carbons (Fsp3) is 0. The normalized spacial score (nSPS) is 11.7. The number of benzene rings is 11. The predicted molar refractivity (Wildman–Crippen MR) is 274 cm³/mol. The molecule has 0 fully saturated rings. The summed E-state index contributed by atoms with van der Waals surface area (Å²) in [5.41, 5.74) is 10.4. The molecule has 0 N–H and O–H groups in total. The molecule has 3 nitrogen and oxygen atoms in total. The van der Waals surface area contributed by atoms with Crippen molar-refractivity contribution >= 4 is 76.9 Å². The van der Waals surface area contributed by atoms with Crippen LogP contribution in [0.2, 0.25) is 0 Å². The SMILES string of the molecule is c1ccc(-c2nc(-c3ccccc3)nc(-c3c4ccccc4c(-c4ccc5c(c4)[se]c4ccc(-c6c7ccccc7c(-c7ccccc7)c7ccccc67)cc45)c4ccccc34)n2)cc1. The number of fused-ring (bicyclic) bond motifs is 7. The quantitative estimate of drug-likeness (QED) is 0.123. The smallest absolute Gasteiger partial charge is 0.0615 e. The van der Waals surface area contributed by atoms with Crippen LogP contribution in [-0.4, -0.2) is 29.5 Å². The second kappa shape index (κ2) is 15.4. The van der Waals surface area contributed by atoms with E-state index in [0.29, 0.717) is 17.5 Å². The van der Waals surface area contributed by atoms with Gasteiger partial charge in [0.05, 0.1) is 0 Å². The minimum absolute atomic E-state index is 0.151. The second-order valence-corrected chi connectivity index (χ2v) is 18.9. The number of nitrogens with zero attached hydrogens (tertiary/aromatic N) is 3. The van der Waals surface area contributed by atoms with Crippen LogP contribution in [0.1, 0.15) is 0 Å². The molecule has 0 bridgehead atoms. The Labute approximate surface area is 381 Å². The fourth-order valence-corrected chi connectivity index (χ4v) is 12.4. The van der Waals surface area contributed by atoms with E-state index < -0.39 is 0 Å². The van der Waals surface area contributed by atoms with Gasteiger partial charge in [0.25, 0.3) is 0 Å². The van der Waals surface area contributed by atoms with E-state index >= 15 is 0 Å². The van der Waals surface area contributed by atoms with Crippen molar-refractivity contribution in [2.45, 2.75) is 0 Å². The average molecular weight is 891 g/mol. The van der Waals surface area contributed by atoms with Crippen LogP contribution in [0.4, 0.5) is 0 Å². The molecule has 0 radical (unpaired) electrons. The molecule has 0 aliphatic heterocycles. The molecule has 302 valence electrons.